The van der Waals surface area contributed by atoms with Crippen LogP contribution in [0.1, 0.15) is 48.2 Å². The van der Waals surface area contributed by atoms with Crippen LogP contribution in [0.4, 0.5) is 0 Å². The first-order valence-electron chi connectivity index (χ1n) is 10.7. The fourth-order valence-electron chi connectivity index (χ4n) is 4.06. The van der Waals surface area contributed by atoms with Gasteiger partial charge in [-0.15, -0.1) is 0 Å². The summed E-state index contributed by atoms with van der Waals surface area (Å²) in [5.41, 5.74) is 6.65. The van der Waals surface area contributed by atoms with E-state index in [0.717, 1.165) is 16.7 Å². The van der Waals surface area contributed by atoms with Crippen LogP contribution in [0.5, 0.6) is 0 Å². The Hall–Kier alpha value is -1.55. The number of hydrogen-bond acceptors (Lipinski definition) is 7. The van der Waals surface area contributed by atoms with Gasteiger partial charge < -0.3 is 30.0 Å². The van der Waals surface area contributed by atoms with E-state index >= 15 is 0 Å². The molecule has 0 radical (unpaired) electrons. The molecule has 1 fully saturated rings. The lowest BCUT2D eigenvalue weighted by Gasteiger charge is -2.40. The van der Waals surface area contributed by atoms with Gasteiger partial charge >= 0.3 is 0 Å². The number of aliphatic hydroxyl groups is 4. The van der Waals surface area contributed by atoms with Crippen molar-refractivity contribution in [1.29, 1.82) is 0 Å². The van der Waals surface area contributed by atoms with Crippen molar-refractivity contribution in [3.05, 3.63) is 69.7 Å². The van der Waals surface area contributed by atoms with E-state index in [2.05, 4.69) is 31.5 Å². The van der Waals surface area contributed by atoms with Crippen LogP contribution in [0.2, 0.25) is 5.02 Å². The molecule has 2 aromatic rings. The van der Waals surface area contributed by atoms with Crippen LogP contribution in [-0.2, 0) is 16.0 Å². The molecule has 1 aliphatic heterocycles. The number of benzene rings is 2. The van der Waals surface area contributed by atoms with Gasteiger partial charge in [-0.25, -0.2) is 0 Å². The van der Waals surface area contributed by atoms with Crippen LogP contribution < -0.4 is 5.48 Å². The van der Waals surface area contributed by atoms with Crippen molar-refractivity contribution in [3.63, 3.8) is 0 Å². The predicted octanol–water partition coefficient (Wildman–Crippen LogP) is 2.29. The lowest BCUT2D eigenvalue weighted by atomic mass is 9.90. The van der Waals surface area contributed by atoms with Gasteiger partial charge in [-0.1, -0.05) is 61.8 Å². The molecule has 0 aliphatic carbocycles. The fraction of sp³-hybridized carbons (Fsp3) is 0.500. The first-order valence-corrected chi connectivity index (χ1v) is 11.1. The van der Waals surface area contributed by atoms with E-state index in [4.69, 9.17) is 21.2 Å². The molecule has 0 spiro atoms. The molecule has 0 amide bonds. The van der Waals surface area contributed by atoms with Crippen LogP contribution >= 0.6 is 11.6 Å². The summed E-state index contributed by atoms with van der Waals surface area (Å²) in [6, 6.07) is 13.5. The summed E-state index contributed by atoms with van der Waals surface area (Å²) in [5, 5.41) is 40.6. The highest BCUT2D eigenvalue weighted by Gasteiger charge is 2.44. The monoisotopic (exact) mass is 465 g/mol. The first-order chi connectivity index (χ1) is 15.3. The van der Waals surface area contributed by atoms with Gasteiger partial charge in [0.15, 0.2) is 0 Å². The Labute approximate surface area is 193 Å². The molecule has 6 atom stereocenters. The number of ether oxygens (including phenoxy) is 1. The average Bonchev–Trinajstić information content (AvgIpc) is 2.78. The fourth-order valence-corrected chi connectivity index (χ4v) is 4.25. The molecule has 1 saturated heterocycles. The number of hydrogen-bond donors (Lipinski definition) is 5. The summed E-state index contributed by atoms with van der Waals surface area (Å²) >= 11 is 6.43. The van der Waals surface area contributed by atoms with Gasteiger partial charge in [-0.2, -0.15) is 5.48 Å². The number of rotatable bonds is 8. The molecule has 8 heteroatoms. The molecule has 1 aliphatic rings. The molecule has 6 unspecified atom stereocenters. The molecule has 0 saturated carbocycles. The minimum atomic E-state index is -1.42. The SMILES string of the molecule is CONC(c1ccc(Cc2cc(C3OC(CO)C(O)C(O)C3O)ccc2Cl)cc1)C(C)C. The quantitative estimate of drug-likeness (QED) is 0.380. The van der Waals surface area contributed by atoms with Crippen LogP contribution in [0.3, 0.4) is 0 Å². The van der Waals surface area contributed by atoms with Gasteiger partial charge in [0.25, 0.3) is 0 Å². The topological polar surface area (TPSA) is 111 Å². The molecular formula is C24H32ClNO6. The van der Waals surface area contributed by atoms with Crippen LogP contribution in [0, 0.1) is 5.92 Å². The van der Waals surface area contributed by atoms with E-state index in [0.29, 0.717) is 22.9 Å². The highest BCUT2D eigenvalue weighted by atomic mass is 35.5. The molecule has 0 aromatic heterocycles. The third-order valence-corrected chi connectivity index (χ3v) is 6.30. The van der Waals surface area contributed by atoms with Crippen molar-refractivity contribution < 1.29 is 30.0 Å². The number of aliphatic hydroxyl groups excluding tert-OH is 4. The Morgan fingerprint density at radius 3 is 2.31 bits per heavy atom. The predicted molar refractivity (Wildman–Crippen MR) is 121 cm³/mol. The Morgan fingerprint density at radius 2 is 1.72 bits per heavy atom. The summed E-state index contributed by atoms with van der Waals surface area (Å²) in [5.74, 6) is 0.352. The van der Waals surface area contributed by atoms with Gasteiger partial charge in [-0.05, 0) is 40.7 Å². The van der Waals surface area contributed by atoms with Gasteiger partial charge in [0.05, 0.1) is 19.8 Å². The molecule has 5 N–H and O–H groups in total. The van der Waals surface area contributed by atoms with Crippen molar-refractivity contribution in [1.82, 2.24) is 5.48 Å². The smallest absolute Gasteiger partial charge is 0.113 e. The number of nitrogens with one attached hydrogen (secondary N) is 1. The normalized spacial score (nSPS) is 27.0. The van der Waals surface area contributed by atoms with Crippen molar-refractivity contribution in [2.75, 3.05) is 13.7 Å². The lowest BCUT2D eigenvalue weighted by molar-refractivity contribution is -0.231. The van der Waals surface area contributed by atoms with Gasteiger partial charge in [0.1, 0.15) is 30.5 Å². The van der Waals surface area contributed by atoms with Crippen LogP contribution in [0.25, 0.3) is 0 Å². The van der Waals surface area contributed by atoms with E-state index in [-0.39, 0.29) is 6.04 Å². The summed E-state index contributed by atoms with van der Waals surface area (Å²) < 4.78 is 5.68. The Bertz CT molecular complexity index is 875. The lowest BCUT2D eigenvalue weighted by Crippen LogP contribution is -2.55. The number of hydroxylamine groups is 1. The second-order valence-corrected chi connectivity index (χ2v) is 8.97. The maximum Gasteiger partial charge on any atom is 0.113 e. The second-order valence-electron chi connectivity index (χ2n) is 8.56. The largest absolute Gasteiger partial charge is 0.394 e. The summed E-state index contributed by atoms with van der Waals surface area (Å²) in [7, 11) is 1.61. The van der Waals surface area contributed by atoms with Crippen LogP contribution in [0.15, 0.2) is 42.5 Å². The Morgan fingerprint density at radius 1 is 1.03 bits per heavy atom. The molecule has 32 heavy (non-hydrogen) atoms. The summed E-state index contributed by atoms with van der Waals surface area (Å²) in [6.07, 6.45) is -5.43. The van der Waals surface area contributed by atoms with E-state index < -0.39 is 37.1 Å². The summed E-state index contributed by atoms with van der Waals surface area (Å²) in [6.45, 7) is 3.77. The molecule has 176 valence electrons. The third-order valence-electron chi connectivity index (χ3n) is 5.94. The zero-order chi connectivity index (χ0) is 23.4. The zero-order valence-corrected chi connectivity index (χ0v) is 19.2. The molecule has 0 bridgehead atoms. The van der Waals surface area contributed by atoms with E-state index in [9.17, 15) is 20.4 Å². The molecule has 1 heterocycles. The van der Waals surface area contributed by atoms with Crippen molar-refractivity contribution in [2.45, 2.75) is 56.8 Å². The first kappa shape index (κ1) is 25.1. The molecule has 2 aromatic carbocycles. The minimum absolute atomic E-state index is 0.0761. The zero-order valence-electron chi connectivity index (χ0n) is 18.5. The maximum absolute atomic E-state index is 10.4. The minimum Gasteiger partial charge on any atom is -0.394 e. The Kier molecular flexibility index (Phi) is 8.66. The van der Waals surface area contributed by atoms with Gasteiger partial charge in [-0.3, -0.25) is 0 Å². The van der Waals surface area contributed by atoms with E-state index in [1.54, 1.807) is 19.2 Å². The molecular weight excluding hydrogens is 434 g/mol. The van der Waals surface area contributed by atoms with Crippen molar-refractivity contribution >= 4 is 11.6 Å². The standard InChI is InChI=1S/C24H32ClNO6/c1-13(2)20(26-31-3)15-6-4-14(5-7-15)10-17-11-16(8-9-18(17)25)24-23(30)22(29)21(28)19(12-27)32-24/h4-9,11,13,19-24,26-30H,10,12H2,1-3H3. The van der Waals surface area contributed by atoms with Gasteiger partial charge in [0.2, 0.25) is 0 Å². The molecule has 3 rings (SSSR count). The van der Waals surface area contributed by atoms with Gasteiger partial charge in [0, 0.05) is 5.02 Å². The Balaban J connectivity index is 1.81. The molecule has 7 nitrogen and oxygen atoms in total. The van der Waals surface area contributed by atoms with E-state index in [1.165, 1.54) is 0 Å². The van der Waals surface area contributed by atoms with Crippen LogP contribution in [-0.4, -0.2) is 58.6 Å². The summed E-state index contributed by atoms with van der Waals surface area (Å²) in [4.78, 5) is 5.12. The number of halogens is 1. The highest BCUT2D eigenvalue weighted by Crippen LogP contribution is 2.34. The van der Waals surface area contributed by atoms with Crippen molar-refractivity contribution in [2.24, 2.45) is 5.92 Å². The highest BCUT2D eigenvalue weighted by molar-refractivity contribution is 6.31. The maximum atomic E-state index is 10.4. The second kappa shape index (κ2) is 11.0. The van der Waals surface area contributed by atoms with Crippen molar-refractivity contribution in [3.8, 4) is 0 Å². The third kappa shape index (κ3) is 5.50. The van der Waals surface area contributed by atoms with E-state index in [1.807, 2.05) is 18.2 Å². The average molecular weight is 466 g/mol.